The average Bonchev–Trinajstić information content (AvgIpc) is 2.64. The summed E-state index contributed by atoms with van der Waals surface area (Å²) in [5.41, 5.74) is 0.872. The molecule has 0 heterocycles. The molecule has 5 heteroatoms. The first-order valence-corrected chi connectivity index (χ1v) is 7.98. The first kappa shape index (κ1) is 18.3. The van der Waals surface area contributed by atoms with E-state index in [1.165, 1.54) is 6.07 Å². The maximum Gasteiger partial charge on any atom is 0.335 e. The van der Waals surface area contributed by atoms with Crippen LogP contribution in [0.2, 0.25) is 0 Å². The molecule has 0 N–H and O–H groups in total. The Hall–Kier alpha value is -3.08. The van der Waals surface area contributed by atoms with Gasteiger partial charge in [-0.15, -0.1) is 0 Å². The molecule has 0 aliphatic rings. The van der Waals surface area contributed by atoms with E-state index < -0.39 is 5.97 Å². The second-order valence-corrected chi connectivity index (χ2v) is 4.96. The zero-order valence-corrected chi connectivity index (χ0v) is 14.3. The number of ketones is 1. The largest absolute Gasteiger partial charge is 0.489 e. The molecule has 0 amide bonds. The van der Waals surface area contributed by atoms with Gasteiger partial charge < -0.3 is 14.2 Å². The number of carbonyl (C=O) groups excluding carboxylic acids is 2. The van der Waals surface area contributed by atoms with Gasteiger partial charge in [0.05, 0.1) is 18.8 Å². The standard InChI is InChI=1S/C20H20O5/c1-4-17(21)25-16-13-12-15(18(22)14-10-8-7-9-11-14)19(23-5-2)20(16)24-6-3/h4,7-13H,1,5-6H2,2-3H3. The van der Waals surface area contributed by atoms with Gasteiger partial charge in [-0.3, -0.25) is 4.79 Å². The van der Waals surface area contributed by atoms with Crippen LogP contribution in [0.3, 0.4) is 0 Å². The Morgan fingerprint density at radius 3 is 2.20 bits per heavy atom. The van der Waals surface area contributed by atoms with E-state index in [1.807, 2.05) is 6.07 Å². The van der Waals surface area contributed by atoms with E-state index >= 15 is 0 Å². The van der Waals surface area contributed by atoms with Gasteiger partial charge in [0.25, 0.3) is 0 Å². The summed E-state index contributed by atoms with van der Waals surface area (Å²) < 4.78 is 16.5. The average molecular weight is 340 g/mol. The van der Waals surface area contributed by atoms with Gasteiger partial charge in [0, 0.05) is 11.6 Å². The summed E-state index contributed by atoms with van der Waals surface area (Å²) in [5, 5.41) is 0. The molecule has 130 valence electrons. The van der Waals surface area contributed by atoms with E-state index in [-0.39, 0.29) is 23.0 Å². The molecular formula is C20H20O5. The summed E-state index contributed by atoms with van der Waals surface area (Å²) in [4.78, 5) is 24.4. The normalized spacial score (nSPS) is 10.0. The van der Waals surface area contributed by atoms with Crippen molar-refractivity contribution >= 4 is 11.8 Å². The number of benzene rings is 2. The lowest BCUT2D eigenvalue weighted by Gasteiger charge is -2.17. The predicted molar refractivity (Wildman–Crippen MR) is 94.5 cm³/mol. The molecule has 25 heavy (non-hydrogen) atoms. The Labute approximate surface area is 146 Å². The van der Waals surface area contributed by atoms with Crippen molar-refractivity contribution in [3.8, 4) is 17.2 Å². The number of hydrogen-bond acceptors (Lipinski definition) is 5. The number of rotatable bonds is 8. The van der Waals surface area contributed by atoms with Gasteiger partial charge in [0.2, 0.25) is 5.75 Å². The van der Waals surface area contributed by atoms with Crippen LogP contribution >= 0.6 is 0 Å². The third kappa shape index (κ3) is 4.26. The minimum Gasteiger partial charge on any atom is -0.489 e. The van der Waals surface area contributed by atoms with Gasteiger partial charge in [-0.05, 0) is 26.0 Å². The third-order valence-corrected chi connectivity index (χ3v) is 3.31. The molecule has 0 radical (unpaired) electrons. The molecule has 0 spiro atoms. The van der Waals surface area contributed by atoms with Gasteiger partial charge in [0.1, 0.15) is 0 Å². The van der Waals surface area contributed by atoms with E-state index in [0.717, 1.165) is 6.08 Å². The zero-order valence-electron chi connectivity index (χ0n) is 14.3. The fourth-order valence-electron chi connectivity index (χ4n) is 2.27. The molecule has 0 bridgehead atoms. The second kappa shape index (κ2) is 8.68. The number of hydrogen-bond donors (Lipinski definition) is 0. The molecule has 2 rings (SSSR count). The number of ether oxygens (including phenoxy) is 3. The Balaban J connectivity index is 2.56. The van der Waals surface area contributed by atoms with Crippen LogP contribution in [0, 0.1) is 0 Å². The van der Waals surface area contributed by atoms with Crippen LogP contribution < -0.4 is 14.2 Å². The Morgan fingerprint density at radius 1 is 0.960 bits per heavy atom. The van der Waals surface area contributed by atoms with E-state index in [0.29, 0.717) is 24.3 Å². The van der Waals surface area contributed by atoms with Gasteiger partial charge in [-0.2, -0.15) is 0 Å². The minimum absolute atomic E-state index is 0.180. The number of carbonyl (C=O) groups is 2. The van der Waals surface area contributed by atoms with E-state index in [1.54, 1.807) is 44.2 Å². The summed E-state index contributed by atoms with van der Waals surface area (Å²) in [7, 11) is 0. The van der Waals surface area contributed by atoms with Gasteiger partial charge in [-0.1, -0.05) is 36.9 Å². The summed E-state index contributed by atoms with van der Waals surface area (Å²) in [6, 6.07) is 12.0. The topological polar surface area (TPSA) is 61.8 Å². The van der Waals surface area contributed by atoms with Crippen molar-refractivity contribution in [3.63, 3.8) is 0 Å². The van der Waals surface area contributed by atoms with Crippen molar-refractivity contribution in [2.45, 2.75) is 13.8 Å². The van der Waals surface area contributed by atoms with Crippen molar-refractivity contribution in [2.24, 2.45) is 0 Å². The molecule has 0 aromatic heterocycles. The summed E-state index contributed by atoms with van der Waals surface area (Å²) >= 11 is 0. The van der Waals surface area contributed by atoms with Crippen LogP contribution in [-0.2, 0) is 4.79 Å². The van der Waals surface area contributed by atoms with Gasteiger partial charge in [0.15, 0.2) is 17.3 Å². The van der Waals surface area contributed by atoms with Crippen LogP contribution in [0.25, 0.3) is 0 Å². The molecule has 2 aromatic carbocycles. The molecule has 0 saturated carbocycles. The molecule has 2 aromatic rings. The zero-order chi connectivity index (χ0) is 18.2. The molecule has 0 saturated heterocycles. The van der Waals surface area contributed by atoms with Crippen molar-refractivity contribution in [1.29, 1.82) is 0 Å². The van der Waals surface area contributed by atoms with E-state index in [4.69, 9.17) is 14.2 Å². The predicted octanol–water partition coefficient (Wildman–Crippen LogP) is 3.81. The van der Waals surface area contributed by atoms with Crippen LogP contribution in [0.5, 0.6) is 17.2 Å². The van der Waals surface area contributed by atoms with Crippen LogP contribution in [-0.4, -0.2) is 25.0 Å². The summed E-state index contributed by atoms with van der Waals surface area (Å²) in [6.07, 6.45) is 1.05. The molecule has 0 aliphatic heterocycles. The SMILES string of the molecule is C=CC(=O)Oc1ccc(C(=O)c2ccccc2)c(OCC)c1OCC. The Bertz CT molecular complexity index is 765. The summed E-state index contributed by atoms with van der Waals surface area (Å²) in [5.74, 6) is -0.161. The number of esters is 1. The van der Waals surface area contributed by atoms with Crippen molar-refractivity contribution in [2.75, 3.05) is 13.2 Å². The lowest BCUT2D eigenvalue weighted by atomic mass is 10.0. The smallest absolute Gasteiger partial charge is 0.335 e. The highest BCUT2D eigenvalue weighted by atomic mass is 16.6. The molecule has 0 atom stereocenters. The second-order valence-electron chi connectivity index (χ2n) is 4.96. The fourth-order valence-corrected chi connectivity index (χ4v) is 2.27. The molecular weight excluding hydrogens is 320 g/mol. The molecule has 0 unspecified atom stereocenters. The molecule has 0 fully saturated rings. The van der Waals surface area contributed by atoms with Crippen LogP contribution in [0.4, 0.5) is 0 Å². The van der Waals surface area contributed by atoms with Crippen LogP contribution in [0.15, 0.2) is 55.1 Å². The van der Waals surface area contributed by atoms with Gasteiger partial charge >= 0.3 is 5.97 Å². The van der Waals surface area contributed by atoms with Crippen molar-refractivity contribution in [1.82, 2.24) is 0 Å². The minimum atomic E-state index is -0.620. The fraction of sp³-hybridized carbons (Fsp3) is 0.200. The highest BCUT2D eigenvalue weighted by molar-refractivity contribution is 6.11. The first-order valence-electron chi connectivity index (χ1n) is 7.98. The maximum atomic E-state index is 12.8. The monoisotopic (exact) mass is 340 g/mol. The summed E-state index contributed by atoms with van der Waals surface area (Å²) in [6.45, 7) is 7.62. The lowest BCUT2D eigenvalue weighted by molar-refractivity contribution is -0.129. The first-order chi connectivity index (χ1) is 12.1. The van der Waals surface area contributed by atoms with Crippen LogP contribution in [0.1, 0.15) is 29.8 Å². The maximum absolute atomic E-state index is 12.8. The highest BCUT2D eigenvalue weighted by Gasteiger charge is 2.23. The third-order valence-electron chi connectivity index (χ3n) is 3.31. The van der Waals surface area contributed by atoms with Gasteiger partial charge in [-0.25, -0.2) is 4.79 Å². The van der Waals surface area contributed by atoms with Crippen molar-refractivity contribution < 1.29 is 23.8 Å². The van der Waals surface area contributed by atoms with E-state index in [2.05, 4.69) is 6.58 Å². The lowest BCUT2D eigenvalue weighted by Crippen LogP contribution is -2.11. The Kier molecular flexibility index (Phi) is 6.34. The highest BCUT2D eigenvalue weighted by Crippen LogP contribution is 2.41. The molecule has 5 nitrogen and oxygen atoms in total. The molecule has 0 aliphatic carbocycles. The Morgan fingerprint density at radius 2 is 1.60 bits per heavy atom. The van der Waals surface area contributed by atoms with E-state index in [9.17, 15) is 9.59 Å². The quantitative estimate of drug-likeness (QED) is 0.316. The van der Waals surface area contributed by atoms with Crippen molar-refractivity contribution in [3.05, 3.63) is 66.2 Å².